The first-order valence-corrected chi connectivity index (χ1v) is 16.9. The molecule has 0 saturated carbocycles. The van der Waals surface area contributed by atoms with Gasteiger partial charge in [0.25, 0.3) is 0 Å². The predicted octanol–water partition coefficient (Wildman–Crippen LogP) is 10.9. The van der Waals surface area contributed by atoms with Crippen LogP contribution in [-0.2, 0) is 6.42 Å². The third-order valence-electron chi connectivity index (χ3n) is 9.81. The van der Waals surface area contributed by atoms with Gasteiger partial charge < -0.3 is 9.13 Å². The highest BCUT2D eigenvalue weighted by atomic mass is 15.0. The lowest BCUT2D eigenvalue weighted by Crippen LogP contribution is -2.05. The third-order valence-corrected chi connectivity index (χ3v) is 9.81. The summed E-state index contributed by atoms with van der Waals surface area (Å²) in [6.07, 6.45) is 10.8. The normalized spacial score (nSPS) is 14.3. The van der Waals surface area contributed by atoms with Gasteiger partial charge in [-0.25, -0.2) is 0 Å². The van der Waals surface area contributed by atoms with E-state index in [2.05, 4.69) is 143 Å². The van der Waals surface area contributed by atoms with Crippen LogP contribution in [0.15, 0.2) is 152 Å². The number of para-hydroxylation sites is 3. The molecule has 5 heteroatoms. The van der Waals surface area contributed by atoms with Gasteiger partial charge in [0.2, 0.25) is 0 Å². The number of nitriles is 3. The SMILES string of the molecule is C=C/C(C#N)=C\C=C(/Cc1ccccc1-n1c2ccccc2c2ccccc21)c1cccc(-n2c3c(c4cc(C#N)ccc42)C(C#N)CC=C3)c1. The van der Waals surface area contributed by atoms with Crippen molar-refractivity contribution in [2.75, 3.05) is 0 Å². The molecule has 2 heterocycles. The fourth-order valence-electron chi connectivity index (χ4n) is 7.47. The molecule has 5 nitrogen and oxygen atoms in total. The number of rotatable bonds is 7. The fraction of sp³-hybridized carbons (Fsp3) is 0.0652. The van der Waals surface area contributed by atoms with Crippen molar-refractivity contribution in [1.29, 1.82) is 15.8 Å². The average molecular weight is 654 g/mol. The van der Waals surface area contributed by atoms with Crippen LogP contribution in [0.1, 0.15) is 40.3 Å². The Hall–Kier alpha value is -7.13. The fourth-order valence-corrected chi connectivity index (χ4v) is 7.47. The second kappa shape index (κ2) is 13.1. The van der Waals surface area contributed by atoms with Gasteiger partial charge in [-0.15, -0.1) is 0 Å². The lowest BCUT2D eigenvalue weighted by molar-refractivity contribution is 0.863. The maximum absolute atomic E-state index is 10.1. The summed E-state index contributed by atoms with van der Waals surface area (Å²) in [6, 6.07) is 46.6. The number of allylic oxidation sites excluding steroid dienone is 6. The maximum Gasteiger partial charge on any atom is 0.0991 e. The Morgan fingerprint density at radius 1 is 0.745 bits per heavy atom. The minimum atomic E-state index is -0.299. The highest BCUT2D eigenvalue weighted by Gasteiger charge is 2.26. The number of fused-ring (bicyclic) bond motifs is 6. The van der Waals surface area contributed by atoms with E-state index in [1.807, 2.05) is 30.4 Å². The highest BCUT2D eigenvalue weighted by Crippen LogP contribution is 2.41. The van der Waals surface area contributed by atoms with E-state index in [-0.39, 0.29) is 5.92 Å². The Bertz CT molecular complexity index is 2710. The summed E-state index contributed by atoms with van der Waals surface area (Å²) in [5, 5.41) is 32.9. The first-order chi connectivity index (χ1) is 25.1. The number of aromatic nitrogens is 2. The van der Waals surface area contributed by atoms with Crippen LogP contribution in [0.25, 0.3) is 55.7 Å². The van der Waals surface area contributed by atoms with E-state index in [9.17, 15) is 15.8 Å². The molecule has 0 bridgehead atoms. The zero-order chi connectivity index (χ0) is 34.9. The predicted molar refractivity (Wildman–Crippen MR) is 206 cm³/mol. The van der Waals surface area contributed by atoms with Crippen LogP contribution >= 0.6 is 0 Å². The first kappa shape index (κ1) is 31.2. The summed E-state index contributed by atoms with van der Waals surface area (Å²) in [4.78, 5) is 0. The van der Waals surface area contributed by atoms with Gasteiger partial charge in [-0.05, 0) is 83.8 Å². The highest BCUT2D eigenvalue weighted by molar-refractivity contribution is 6.09. The van der Waals surface area contributed by atoms with Gasteiger partial charge in [0.15, 0.2) is 0 Å². The van der Waals surface area contributed by atoms with Crippen LogP contribution in [-0.4, -0.2) is 9.13 Å². The number of hydrogen-bond donors (Lipinski definition) is 0. The van der Waals surface area contributed by atoms with Gasteiger partial charge in [0.1, 0.15) is 0 Å². The van der Waals surface area contributed by atoms with Crippen molar-refractivity contribution in [2.45, 2.75) is 18.8 Å². The molecule has 51 heavy (non-hydrogen) atoms. The van der Waals surface area contributed by atoms with Crippen molar-refractivity contribution in [1.82, 2.24) is 9.13 Å². The lowest BCUT2D eigenvalue weighted by Gasteiger charge is -2.18. The van der Waals surface area contributed by atoms with Gasteiger partial charge in [-0.3, -0.25) is 0 Å². The number of nitrogens with zero attached hydrogens (tertiary/aromatic N) is 5. The number of hydrogen-bond acceptors (Lipinski definition) is 3. The van der Waals surface area contributed by atoms with Gasteiger partial charge in [-0.2, -0.15) is 15.8 Å². The largest absolute Gasteiger partial charge is 0.310 e. The van der Waals surface area contributed by atoms with E-state index < -0.39 is 0 Å². The Morgan fingerprint density at radius 3 is 2.20 bits per heavy atom. The molecular formula is C46H31N5. The third kappa shape index (κ3) is 5.33. The van der Waals surface area contributed by atoms with Crippen LogP contribution in [0, 0.1) is 34.0 Å². The minimum absolute atomic E-state index is 0.299. The Labute approximate surface area is 296 Å². The van der Waals surface area contributed by atoms with Crippen molar-refractivity contribution in [3.05, 3.63) is 180 Å². The van der Waals surface area contributed by atoms with Crippen molar-refractivity contribution in [2.24, 2.45) is 0 Å². The summed E-state index contributed by atoms with van der Waals surface area (Å²) in [5.41, 5.74) is 11.4. The molecule has 0 aliphatic heterocycles. The molecule has 0 saturated heterocycles. The lowest BCUT2D eigenvalue weighted by atomic mass is 9.90. The second-order valence-electron chi connectivity index (χ2n) is 12.7. The van der Waals surface area contributed by atoms with Crippen LogP contribution in [0.3, 0.4) is 0 Å². The van der Waals surface area contributed by atoms with Crippen LogP contribution in [0.5, 0.6) is 0 Å². The second-order valence-corrected chi connectivity index (χ2v) is 12.7. The molecular weight excluding hydrogens is 623 g/mol. The molecule has 1 atom stereocenters. The quantitative estimate of drug-likeness (QED) is 0.127. The maximum atomic E-state index is 10.1. The standard InChI is InChI=1S/C46H31N5/c1-2-31(28-47)21-23-34(26-35-11-3-6-17-41(35)51-42-18-7-4-15-38(42)39-16-5-8-19-43(39)51)33-12-9-14-37(27-33)50-44-24-22-32(29-48)25-40(44)46-36(30-49)13-10-20-45(46)50/h2-12,14-25,27,36H,1,13,26H2/b31-21+,34-23+. The van der Waals surface area contributed by atoms with Crippen LogP contribution < -0.4 is 0 Å². The van der Waals surface area contributed by atoms with Crippen molar-refractivity contribution >= 4 is 44.4 Å². The molecule has 2 aromatic heterocycles. The first-order valence-electron chi connectivity index (χ1n) is 16.9. The monoisotopic (exact) mass is 653 g/mol. The van der Waals surface area contributed by atoms with Crippen LogP contribution in [0.4, 0.5) is 0 Å². The Morgan fingerprint density at radius 2 is 1.47 bits per heavy atom. The molecule has 0 amide bonds. The van der Waals surface area contributed by atoms with Crippen molar-refractivity contribution in [3.63, 3.8) is 0 Å². The van der Waals surface area contributed by atoms with E-state index in [1.54, 1.807) is 6.08 Å². The smallest absolute Gasteiger partial charge is 0.0991 e. The molecule has 240 valence electrons. The van der Waals surface area contributed by atoms with Gasteiger partial charge in [0, 0.05) is 39.5 Å². The number of benzene rings is 5. The average Bonchev–Trinajstić information content (AvgIpc) is 3.70. The van der Waals surface area contributed by atoms with Gasteiger partial charge >= 0.3 is 0 Å². The zero-order valence-electron chi connectivity index (χ0n) is 27.8. The van der Waals surface area contributed by atoms with E-state index >= 15 is 0 Å². The topological polar surface area (TPSA) is 81.2 Å². The molecule has 1 unspecified atom stereocenters. The summed E-state index contributed by atoms with van der Waals surface area (Å²) >= 11 is 0. The summed E-state index contributed by atoms with van der Waals surface area (Å²) < 4.78 is 4.54. The Balaban J connectivity index is 1.30. The molecule has 1 aliphatic carbocycles. The van der Waals surface area contributed by atoms with E-state index in [0.717, 1.165) is 61.3 Å². The molecule has 0 N–H and O–H groups in total. The minimum Gasteiger partial charge on any atom is -0.310 e. The molecule has 0 radical (unpaired) electrons. The van der Waals surface area contributed by atoms with Crippen molar-refractivity contribution < 1.29 is 0 Å². The van der Waals surface area contributed by atoms with E-state index in [4.69, 9.17) is 0 Å². The molecule has 7 aromatic rings. The van der Waals surface area contributed by atoms with Crippen LogP contribution in [0.2, 0.25) is 0 Å². The molecule has 1 aliphatic rings. The van der Waals surface area contributed by atoms with E-state index in [0.29, 0.717) is 24.0 Å². The molecule has 0 spiro atoms. The Kier molecular flexibility index (Phi) is 7.98. The van der Waals surface area contributed by atoms with E-state index in [1.165, 1.54) is 10.8 Å². The van der Waals surface area contributed by atoms with Crippen molar-refractivity contribution in [3.8, 4) is 29.6 Å². The summed E-state index contributed by atoms with van der Waals surface area (Å²) in [5.74, 6) is -0.299. The molecule has 0 fully saturated rings. The molecule has 5 aromatic carbocycles. The van der Waals surface area contributed by atoms with Gasteiger partial charge in [-0.1, -0.05) is 91.5 Å². The summed E-state index contributed by atoms with van der Waals surface area (Å²) in [7, 11) is 0. The zero-order valence-corrected chi connectivity index (χ0v) is 27.8. The van der Waals surface area contributed by atoms with Gasteiger partial charge in [0.05, 0.1) is 57.5 Å². The molecule has 8 rings (SSSR count). The summed E-state index contributed by atoms with van der Waals surface area (Å²) in [6.45, 7) is 3.84.